The summed E-state index contributed by atoms with van der Waals surface area (Å²) in [5.41, 5.74) is 0. The number of unbranched alkanes of at least 4 members (excludes halogenated alkanes) is 30. The lowest BCUT2D eigenvalue weighted by Crippen LogP contribution is -2.46. The molecule has 0 aliphatic carbocycles. The molecule has 64 heavy (non-hydrogen) atoms. The molecule has 0 heterocycles. The van der Waals surface area contributed by atoms with E-state index < -0.39 is 18.2 Å². The van der Waals surface area contributed by atoms with Gasteiger partial charge in [-0.05, 0) is 64.2 Å². The highest BCUT2D eigenvalue weighted by Crippen LogP contribution is 2.18. The van der Waals surface area contributed by atoms with E-state index in [1.807, 2.05) is 36.5 Å². The molecular weight excluding hydrogens is 791 g/mol. The molecule has 0 saturated carbocycles. The summed E-state index contributed by atoms with van der Waals surface area (Å²) in [7, 11) is 0. The number of hydrogen-bond donors (Lipinski definition) is 3. The molecule has 0 aliphatic heterocycles. The van der Waals surface area contributed by atoms with Gasteiger partial charge in [0.1, 0.15) is 6.10 Å². The minimum Gasteiger partial charge on any atom is -0.462 e. The fourth-order valence-corrected chi connectivity index (χ4v) is 8.27. The predicted octanol–water partition coefficient (Wildman–Crippen LogP) is 16.8. The van der Waals surface area contributed by atoms with Crippen LogP contribution in [0.5, 0.6) is 0 Å². The number of rotatable bonds is 49. The van der Waals surface area contributed by atoms with Crippen LogP contribution in [-0.4, -0.2) is 46.9 Å². The molecule has 0 rings (SSSR count). The lowest BCUT2D eigenvalue weighted by Gasteiger charge is -2.24. The molecule has 6 nitrogen and oxygen atoms in total. The number of ether oxygens (including phenoxy) is 1. The minimum atomic E-state index is -0.806. The molecule has 0 aromatic carbocycles. The highest BCUT2D eigenvalue weighted by molar-refractivity contribution is 5.77. The number of amides is 1. The first kappa shape index (κ1) is 61.6. The van der Waals surface area contributed by atoms with Crippen molar-refractivity contribution in [1.82, 2.24) is 5.32 Å². The van der Waals surface area contributed by atoms with Crippen LogP contribution in [-0.2, 0) is 14.3 Å². The largest absolute Gasteiger partial charge is 0.462 e. The fraction of sp³-hybridized carbons (Fsp3) is 0.793. The summed E-state index contributed by atoms with van der Waals surface area (Å²) in [5, 5.41) is 23.8. The van der Waals surface area contributed by atoms with Crippen molar-refractivity contribution in [2.24, 2.45) is 0 Å². The van der Waals surface area contributed by atoms with Gasteiger partial charge in [-0.2, -0.15) is 0 Å². The van der Waals surface area contributed by atoms with Gasteiger partial charge in [0.2, 0.25) is 5.91 Å². The zero-order valence-electron chi connectivity index (χ0n) is 42.4. The van der Waals surface area contributed by atoms with Crippen molar-refractivity contribution >= 4 is 11.9 Å². The van der Waals surface area contributed by atoms with Crippen molar-refractivity contribution < 1.29 is 24.5 Å². The van der Waals surface area contributed by atoms with Crippen LogP contribution >= 0.6 is 0 Å². The quantitative estimate of drug-likeness (QED) is 0.0245. The maximum absolute atomic E-state index is 13.2. The van der Waals surface area contributed by atoms with E-state index in [2.05, 4.69) is 50.4 Å². The Hall–Kier alpha value is -2.44. The smallest absolute Gasteiger partial charge is 0.306 e. The van der Waals surface area contributed by atoms with Gasteiger partial charge in [-0.15, -0.1) is 0 Å². The van der Waals surface area contributed by atoms with Crippen LogP contribution in [0, 0.1) is 0 Å². The average molecular weight is 896 g/mol. The molecule has 0 aliphatic rings. The highest BCUT2D eigenvalue weighted by Gasteiger charge is 2.24. The Labute approximate surface area is 397 Å². The molecule has 6 heteroatoms. The number of aliphatic hydroxyl groups excluding tert-OH is 2. The van der Waals surface area contributed by atoms with Crippen LogP contribution in [0.4, 0.5) is 0 Å². The Kier molecular flexibility index (Phi) is 49.6. The molecular formula is C58H105NO5. The van der Waals surface area contributed by atoms with E-state index in [9.17, 15) is 19.8 Å². The highest BCUT2D eigenvalue weighted by atomic mass is 16.5. The minimum absolute atomic E-state index is 0.0308. The van der Waals surface area contributed by atoms with Crippen LogP contribution in [0.15, 0.2) is 60.8 Å². The van der Waals surface area contributed by atoms with Crippen molar-refractivity contribution in [2.75, 3.05) is 6.61 Å². The molecule has 372 valence electrons. The third kappa shape index (κ3) is 46.1. The number of allylic oxidation sites excluding steroid dienone is 10. The molecule has 0 saturated heterocycles. The van der Waals surface area contributed by atoms with E-state index in [4.69, 9.17) is 4.74 Å². The topological polar surface area (TPSA) is 95.9 Å². The van der Waals surface area contributed by atoms with Gasteiger partial charge in [-0.1, -0.05) is 255 Å². The molecule has 0 radical (unpaired) electrons. The van der Waals surface area contributed by atoms with Crippen LogP contribution in [0.1, 0.15) is 271 Å². The standard InChI is InChI=1S/C58H105NO5/c1-4-7-10-13-16-19-22-24-26-27-28-29-31-33-36-39-42-45-48-51-58(63)64-54(49-46-43-40-37-34-21-18-15-12-9-6-3)52-57(62)59-55(53-60)56(61)50-47-44-41-38-35-32-30-25-23-20-17-14-11-8-5-2/h9,12,15,18,21,24,26,34,37,40,54-56,60-61H,4-8,10-11,13-14,16-17,19-20,22-23,25,27-33,35-36,38-39,41-53H2,1-3H3,(H,59,62)/b12-9+,18-15+,26-24+,34-21-,40-37-. The number of esters is 1. The van der Waals surface area contributed by atoms with Crippen molar-refractivity contribution in [2.45, 2.75) is 289 Å². The van der Waals surface area contributed by atoms with Gasteiger partial charge in [0.25, 0.3) is 0 Å². The number of hydrogen-bond acceptors (Lipinski definition) is 5. The second-order valence-corrected chi connectivity index (χ2v) is 18.7. The van der Waals surface area contributed by atoms with Crippen molar-refractivity contribution in [3.8, 4) is 0 Å². The number of nitrogens with one attached hydrogen (secondary N) is 1. The average Bonchev–Trinajstić information content (AvgIpc) is 3.29. The lowest BCUT2D eigenvalue weighted by molar-refractivity contribution is -0.151. The first-order valence-corrected chi connectivity index (χ1v) is 27.6. The zero-order chi connectivity index (χ0) is 46.7. The van der Waals surface area contributed by atoms with E-state index in [1.54, 1.807) is 0 Å². The monoisotopic (exact) mass is 896 g/mol. The van der Waals surface area contributed by atoms with Crippen molar-refractivity contribution in [1.29, 1.82) is 0 Å². The lowest BCUT2D eigenvalue weighted by atomic mass is 10.0. The summed E-state index contributed by atoms with van der Waals surface area (Å²) in [6.07, 6.45) is 64.4. The maximum atomic E-state index is 13.2. The third-order valence-electron chi connectivity index (χ3n) is 12.4. The van der Waals surface area contributed by atoms with Gasteiger partial charge in [-0.3, -0.25) is 9.59 Å². The van der Waals surface area contributed by atoms with Gasteiger partial charge in [0.05, 0.1) is 25.2 Å². The van der Waals surface area contributed by atoms with E-state index in [0.29, 0.717) is 19.3 Å². The fourth-order valence-electron chi connectivity index (χ4n) is 8.27. The Morgan fingerprint density at radius 2 is 0.875 bits per heavy atom. The van der Waals surface area contributed by atoms with Crippen LogP contribution in [0.25, 0.3) is 0 Å². The molecule has 3 atom stereocenters. The molecule has 1 amide bonds. The van der Waals surface area contributed by atoms with Crippen LogP contribution in [0.2, 0.25) is 0 Å². The van der Waals surface area contributed by atoms with Gasteiger partial charge < -0.3 is 20.3 Å². The zero-order valence-corrected chi connectivity index (χ0v) is 42.4. The molecule has 0 spiro atoms. The second kappa shape index (κ2) is 51.5. The van der Waals surface area contributed by atoms with Crippen LogP contribution in [0.3, 0.4) is 0 Å². The summed E-state index contributed by atoms with van der Waals surface area (Å²) < 4.78 is 5.90. The number of aliphatic hydroxyl groups is 2. The summed E-state index contributed by atoms with van der Waals surface area (Å²) in [6, 6.07) is -0.724. The van der Waals surface area contributed by atoms with E-state index >= 15 is 0 Å². The van der Waals surface area contributed by atoms with E-state index in [-0.39, 0.29) is 24.9 Å². The Morgan fingerprint density at radius 3 is 1.34 bits per heavy atom. The summed E-state index contributed by atoms with van der Waals surface area (Å²) in [6.45, 7) is 6.33. The molecule has 3 N–H and O–H groups in total. The van der Waals surface area contributed by atoms with Crippen LogP contribution < -0.4 is 5.32 Å². The third-order valence-corrected chi connectivity index (χ3v) is 12.4. The Balaban J connectivity index is 4.51. The summed E-state index contributed by atoms with van der Waals surface area (Å²) in [5.74, 6) is -0.539. The Morgan fingerprint density at radius 1 is 0.469 bits per heavy atom. The molecule has 0 aromatic heterocycles. The summed E-state index contributed by atoms with van der Waals surface area (Å²) in [4.78, 5) is 26.2. The molecule has 0 aromatic rings. The van der Waals surface area contributed by atoms with E-state index in [0.717, 1.165) is 57.8 Å². The van der Waals surface area contributed by atoms with Gasteiger partial charge in [-0.25, -0.2) is 0 Å². The molecule has 3 unspecified atom stereocenters. The molecule has 0 fully saturated rings. The predicted molar refractivity (Wildman–Crippen MR) is 278 cm³/mol. The van der Waals surface area contributed by atoms with E-state index in [1.165, 1.54) is 167 Å². The Bertz CT molecular complexity index is 1140. The first-order chi connectivity index (χ1) is 31.5. The van der Waals surface area contributed by atoms with Crippen molar-refractivity contribution in [3.63, 3.8) is 0 Å². The summed E-state index contributed by atoms with van der Waals surface area (Å²) >= 11 is 0. The molecule has 0 bridgehead atoms. The first-order valence-electron chi connectivity index (χ1n) is 27.6. The van der Waals surface area contributed by atoms with Gasteiger partial charge in [0, 0.05) is 6.42 Å². The normalized spacial score (nSPS) is 13.6. The van der Waals surface area contributed by atoms with Gasteiger partial charge in [0.15, 0.2) is 0 Å². The second-order valence-electron chi connectivity index (χ2n) is 18.7. The van der Waals surface area contributed by atoms with Gasteiger partial charge >= 0.3 is 5.97 Å². The number of carbonyl (C=O) groups is 2. The van der Waals surface area contributed by atoms with Crippen molar-refractivity contribution in [3.05, 3.63) is 60.8 Å². The maximum Gasteiger partial charge on any atom is 0.306 e. The number of carbonyl (C=O) groups excluding carboxylic acids is 2. The SMILES string of the molecule is CC/C=C/C=C/C=C\C=C/CCCC(CC(=O)NC(CO)C(O)CCCCCCCCCCCCCCCCC)OC(=O)CCCCCCCCCCC/C=C/CCCCCCCC.